The smallest absolute Gasteiger partial charge is 0.257 e. The van der Waals surface area contributed by atoms with Crippen LogP contribution in [-0.2, 0) is 4.79 Å². The molecule has 26 heavy (non-hydrogen) atoms. The minimum atomic E-state index is -0.145. The van der Waals surface area contributed by atoms with Crippen LogP contribution in [0.1, 0.15) is 16.5 Å². The molecule has 0 fully saturated rings. The van der Waals surface area contributed by atoms with Crippen molar-refractivity contribution in [3.05, 3.63) is 82.6 Å². The number of nitrogens with one attached hydrogen (secondary N) is 1. The van der Waals surface area contributed by atoms with Crippen LogP contribution in [0.2, 0.25) is 0 Å². The maximum atomic E-state index is 12.5. The summed E-state index contributed by atoms with van der Waals surface area (Å²) >= 11 is 2.94. The maximum Gasteiger partial charge on any atom is 0.257 e. The predicted octanol–water partition coefficient (Wildman–Crippen LogP) is 4.89. The van der Waals surface area contributed by atoms with Crippen LogP contribution in [0.15, 0.2) is 81.8 Å². The monoisotopic (exact) mass is 380 g/mol. The molecule has 1 amide bonds. The number of nitrogens with zero attached hydrogens (tertiary/aromatic N) is 1. The first-order chi connectivity index (χ1) is 12.8. The van der Waals surface area contributed by atoms with Gasteiger partial charge in [-0.25, -0.2) is 4.98 Å². The number of hydrogen-bond acceptors (Lipinski definition) is 5. The molecule has 0 unspecified atom stereocenters. The number of thiophene rings is 1. The van der Waals surface area contributed by atoms with Crippen molar-refractivity contribution >= 4 is 40.1 Å². The highest BCUT2D eigenvalue weighted by atomic mass is 32.2. The van der Waals surface area contributed by atoms with Crippen LogP contribution < -0.4 is 5.32 Å². The van der Waals surface area contributed by atoms with E-state index in [1.54, 1.807) is 11.3 Å². The zero-order chi connectivity index (χ0) is 17.8. The molecule has 0 bridgehead atoms. The molecule has 1 atom stereocenters. The van der Waals surface area contributed by atoms with Gasteiger partial charge in [0.2, 0.25) is 5.91 Å². The first-order valence-corrected chi connectivity index (χ1v) is 10.0. The normalized spacial score (nSPS) is 12.2. The second kappa shape index (κ2) is 7.76. The van der Waals surface area contributed by atoms with E-state index in [1.165, 1.54) is 11.8 Å². The molecule has 0 aliphatic heterocycles. The second-order valence-electron chi connectivity index (χ2n) is 5.66. The molecule has 0 aliphatic carbocycles. The van der Waals surface area contributed by atoms with Gasteiger partial charge < -0.3 is 9.73 Å². The second-order valence-corrected chi connectivity index (χ2v) is 7.57. The van der Waals surface area contributed by atoms with Crippen LogP contribution in [0, 0.1) is 0 Å². The number of aromatic nitrogens is 1. The number of amides is 1. The first-order valence-electron chi connectivity index (χ1n) is 8.16. The third-order valence-electron chi connectivity index (χ3n) is 3.87. The van der Waals surface area contributed by atoms with Gasteiger partial charge in [-0.2, -0.15) is 0 Å². The minimum Gasteiger partial charge on any atom is -0.431 e. The number of fused-ring (bicyclic) bond motifs is 1. The van der Waals surface area contributed by atoms with Crippen LogP contribution in [0.5, 0.6) is 0 Å². The molecule has 130 valence electrons. The fourth-order valence-corrected chi connectivity index (χ4v) is 4.11. The van der Waals surface area contributed by atoms with Gasteiger partial charge in [0.25, 0.3) is 5.22 Å². The van der Waals surface area contributed by atoms with E-state index in [9.17, 15) is 4.79 Å². The number of carbonyl (C=O) groups is 1. The Morgan fingerprint density at radius 1 is 1.08 bits per heavy atom. The zero-order valence-electron chi connectivity index (χ0n) is 13.8. The van der Waals surface area contributed by atoms with Gasteiger partial charge in [0.15, 0.2) is 5.58 Å². The van der Waals surface area contributed by atoms with E-state index in [0.29, 0.717) is 5.22 Å². The Labute approximate surface area is 159 Å². The lowest BCUT2D eigenvalue weighted by atomic mass is 10.1. The van der Waals surface area contributed by atoms with Crippen molar-refractivity contribution in [1.82, 2.24) is 10.3 Å². The third-order valence-corrected chi connectivity index (χ3v) is 5.63. The number of oxazole rings is 1. The molecule has 0 saturated carbocycles. The van der Waals surface area contributed by atoms with Crippen LogP contribution in [0.25, 0.3) is 11.1 Å². The fraction of sp³-hybridized carbons (Fsp3) is 0.100. The van der Waals surface area contributed by atoms with Crippen molar-refractivity contribution in [2.75, 3.05) is 5.75 Å². The zero-order valence-corrected chi connectivity index (χ0v) is 15.4. The Morgan fingerprint density at radius 2 is 1.88 bits per heavy atom. The van der Waals surface area contributed by atoms with Crippen molar-refractivity contribution in [3.8, 4) is 0 Å². The molecule has 4 aromatic rings. The van der Waals surface area contributed by atoms with Gasteiger partial charge in [-0.05, 0) is 29.1 Å². The molecule has 1 N–H and O–H groups in total. The van der Waals surface area contributed by atoms with Gasteiger partial charge in [-0.15, -0.1) is 11.3 Å². The lowest BCUT2D eigenvalue weighted by molar-refractivity contribution is -0.119. The third kappa shape index (κ3) is 3.81. The number of para-hydroxylation sites is 2. The van der Waals surface area contributed by atoms with E-state index in [2.05, 4.69) is 10.3 Å². The number of hydrogen-bond donors (Lipinski definition) is 1. The number of rotatable bonds is 6. The summed E-state index contributed by atoms with van der Waals surface area (Å²) in [6.45, 7) is 0. The van der Waals surface area contributed by atoms with Crippen LogP contribution in [0.3, 0.4) is 0 Å². The highest BCUT2D eigenvalue weighted by Gasteiger charge is 2.18. The van der Waals surface area contributed by atoms with E-state index in [4.69, 9.17) is 4.42 Å². The van der Waals surface area contributed by atoms with E-state index in [-0.39, 0.29) is 17.7 Å². The van der Waals surface area contributed by atoms with Gasteiger partial charge in [0.05, 0.1) is 11.8 Å². The Balaban J connectivity index is 1.45. The molecular formula is C20H16N2O2S2. The molecule has 4 nitrogen and oxygen atoms in total. The summed E-state index contributed by atoms with van der Waals surface area (Å²) in [4.78, 5) is 18.0. The molecular weight excluding hydrogens is 364 g/mol. The summed E-state index contributed by atoms with van der Waals surface area (Å²) in [7, 11) is 0. The Kier molecular flexibility index (Phi) is 5.04. The summed E-state index contributed by atoms with van der Waals surface area (Å²) in [5, 5.41) is 5.65. The summed E-state index contributed by atoms with van der Waals surface area (Å²) in [6, 6.07) is 21.5. The number of benzene rings is 2. The Bertz CT molecular complexity index is 964. The fourth-order valence-electron chi connectivity index (χ4n) is 2.66. The minimum absolute atomic E-state index is 0.0560. The number of thioether (sulfide) groups is 1. The maximum absolute atomic E-state index is 12.5. The van der Waals surface area contributed by atoms with E-state index in [0.717, 1.165) is 21.5 Å². The molecule has 0 spiro atoms. The Morgan fingerprint density at radius 3 is 2.65 bits per heavy atom. The molecule has 2 aromatic carbocycles. The van der Waals surface area contributed by atoms with Crippen LogP contribution in [-0.4, -0.2) is 16.6 Å². The quantitative estimate of drug-likeness (QED) is 0.484. The lowest BCUT2D eigenvalue weighted by Crippen LogP contribution is -2.30. The largest absolute Gasteiger partial charge is 0.431 e. The average Bonchev–Trinajstić information content (AvgIpc) is 3.34. The Hall–Kier alpha value is -2.57. The number of carbonyl (C=O) groups excluding carboxylic acids is 1. The molecule has 4 rings (SSSR count). The van der Waals surface area contributed by atoms with Crippen molar-refractivity contribution in [2.24, 2.45) is 0 Å². The lowest BCUT2D eigenvalue weighted by Gasteiger charge is -2.17. The highest BCUT2D eigenvalue weighted by Crippen LogP contribution is 2.27. The van der Waals surface area contributed by atoms with Crippen molar-refractivity contribution < 1.29 is 9.21 Å². The molecule has 0 aliphatic rings. The highest BCUT2D eigenvalue weighted by molar-refractivity contribution is 7.99. The van der Waals surface area contributed by atoms with Gasteiger partial charge >= 0.3 is 0 Å². The van der Waals surface area contributed by atoms with Gasteiger partial charge in [0, 0.05) is 4.88 Å². The summed E-state index contributed by atoms with van der Waals surface area (Å²) in [5.41, 5.74) is 2.60. The molecule has 2 heterocycles. The van der Waals surface area contributed by atoms with Crippen molar-refractivity contribution in [2.45, 2.75) is 11.3 Å². The standard InChI is InChI=1S/C20H16N2O2S2/c23-18(13-26-20-21-15-9-4-5-10-16(15)24-20)22-19(17-11-6-12-25-17)14-7-2-1-3-8-14/h1-12,19H,13H2,(H,22,23)/t19-/m1/s1. The van der Waals surface area contributed by atoms with E-state index in [1.807, 2.05) is 72.1 Å². The topological polar surface area (TPSA) is 55.1 Å². The van der Waals surface area contributed by atoms with Gasteiger partial charge in [-0.1, -0.05) is 60.3 Å². The van der Waals surface area contributed by atoms with Crippen molar-refractivity contribution in [1.29, 1.82) is 0 Å². The molecule has 0 saturated heterocycles. The summed E-state index contributed by atoms with van der Waals surface area (Å²) in [5.74, 6) is 0.196. The predicted molar refractivity (Wildman–Crippen MR) is 105 cm³/mol. The van der Waals surface area contributed by atoms with Crippen LogP contribution >= 0.6 is 23.1 Å². The summed E-state index contributed by atoms with van der Waals surface area (Å²) in [6.07, 6.45) is 0. The first kappa shape index (κ1) is 16.9. The SMILES string of the molecule is O=C(CSc1nc2ccccc2o1)N[C@H](c1ccccc1)c1cccs1. The van der Waals surface area contributed by atoms with Gasteiger partial charge in [-0.3, -0.25) is 4.79 Å². The van der Waals surface area contributed by atoms with Crippen molar-refractivity contribution in [3.63, 3.8) is 0 Å². The van der Waals surface area contributed by atoms with E-state index < -0.39 is 0 Å². The average molecular weight is 380 g/mol. The van der Waals surface area contributed by atoms with Crippen LogP contribution in [0.4, 0.5) is 0 Å². The van der Waals surface area contributed by atoms with E-state index >= 15 is 0 Å². The molecule has 0 radical (unpaired) electrons. The summed E-state index contributed by atoms with van der Waals surface area (Å²) < 4.78 is 5.65. The van der Waals surface area contributed by atoms with Gasteiger partial charge in [0.1, 0.15) is 5.52 Å². The molecule has 6 heteroatoms. The molecule has 2 aromatic heterocycles.